The monoisotopic (exact) mass is 479 g/mol. The lowest BCUT2D eigenvalue weighted by molar-refractivity contribution is 0.0950. The molecule has 0 aliphatic carbocycles. The number of rotatable bonds is 6. The summed E-state index contributed by atoms with van der Waals surface area (Å²) in [7, 11) is 1.96. The number of anilines is 2. The highest BCUT2D eigenvalue weighted by Gasteiger charge is 2.11. The van der Waals surface area contributed by atoms with Crippen LogP contribution in [0, 0.1) is 6.92 Å². The molecule has 8 heteroatoms. The van der Waals surface area contributed by atoms with E-state index >= 15 is 0 Å². The van der Waals surface area contributed by atoms with Crippen LogP contribution in [-0.4, -0.2) is 27.0 Å². The third-order valence-corrected chi connectivity index (χ3v) is 5.69. The van der Waals surface area contributed by atoms with Gasteiger partial charge in [-0.2, -0.15) is 0 Å². The number of nitrogens with zero attached hydrogens (tertiary/aromatic N) is 3. The van der Waals surface area contributed by atoms with E-state index in [9.17, 15) is 4.79 Å². The molecular formula is C23H22BrN5O2. The van der Waals surface area contributed by atoms with Crippen molar-refractivity contribution in [3.8, 4) is 11.5 Å². The highest BCUT2D eigenvalue weighted by Crippen LogP contribution is 2.29. The Morgan fingerprint density at radius 2 is 1.94 bits per heavy atom. The van der Waals surface area contributed by atoms with Crippen LogP contribution >= 0.6 is 15.9 Å². The van der Waals surface area contributed by atoms with E-state index in [1.54, 1.807) is 18.3 Å². The Bertz CT molecular complexity index is 1270. The normalized spacial score (nSPS) is 10.8. The highest BCUT2D eigenvalue weighted by atomic mass is 79.9. The molecule has 0 atom stereocenters. The quantitative estimate of drug-likeness (QED) is 0.390. The fourth-order valence-electron chi connectivity index (χ4n) is 3.19. The first kappa shape index (κ1) is 20.9. The van der Waals surface area contributed by atoms with Crippen LogP contribution in [0.25, 0.3) is 11.0 Å². The van der Waals surface area contributed by atoms with Crippen LogP contribution in [0.4, 0.5) is 11.6 Å². The molecule has 0 fully saturated rings. The first-order valence-electron chi connectivity index (χ1n) is 9.86. The molecular weight excluding hydrogens is 458 g/mol. The average Bonchev–Trinajstić information content (AvgIpc) is 3.06. The van der Waals surface area contributed by atoms with Gasteiger partial charge in [-0.05, 0) is 55.8 Å². The summed E-state index contributed by atoms with van der Waals surface area (Å²) in [5, 5.41) is 6.10. The zero-order valence-electron chi connectivity index (χ0n) is 17.4. The molecule has 1 amide bonds. The summed E-state index contributed by atoms with van der Waals surface area (Å²) in [6, 6.07) is 15.1. The van der Waals surface area contributed by atoms with Crippen LogP contribution in [0.3, 0.4) is 0 Å². The lowest BCUT2D eigenvalue weighted by Gasteiger charge is -2.08. The Morgan fingerprint density at radius 3 is 2.71 bits per heavy atom. The lowest BCUT2D eigenvalue weighted by atomic mass is 10.2. The van der Waals surface area contributed by atoms with Gasteiger partial charge in [-0.15, -0.1) is 0 Å². The summed E-state index contributed by atoms with van der Waals surface area (Å²) in [6.45, 7) is 4.45. The number of fused-ring (bicyclic) bond motifs is 1. The molecule has 0 aliphatic rings. The second kappa shape index (κ2) is 8.77. The van der Waals surface area contributed by atoms with Gasteiger partial charge >= 0.3 is 0 Å². The maximum absolute atomic E-state index is 12.0. The van der Waals surface area contributed by atoms with E-state index in [2.05, 4.69) is 37.6 Å². The molecule has 0 bridgehead atoms. The molecule has 0 radical (unpaired) electrons. The van der Waals surface area contributed by atoms with Crippen molar-refractivity contribution in [1.82, 2.24) is 19.9 Å². The van der Waals surface area contributed by atoms with Crippen LogP contribution < -0.4 is 15.4 Å². The molecule has 7 nitrogen and oxygen atoms in total. The van der Waals surface area contributed by atoms with Crippen LogP contribution in [0.5, 0.6) is 11.5 Å². The average molecular weight is 480 g/mol. The predicted octanol–water partition coefficient (Wildman–Crippen LogP) is 5.32. The Balaban J connectivity index is 1.58. The number of imidazole rings is 1. The third-order valence-electron chi connectivity index (χ3n) is 4.80. The fourth-order valence-corrected chi connectivity index (χ4v) is 3.44. The Labute approximate surface area is 188 Å². The van der Waals surface area contributed by atoms with Crippen LogP contribution in [0.2, 0.25) is 0 Å². The number of aryl methyl sites for hydroxylation is 2. The number of carbonyl (C=O) groups is 1. The first-order chi connectivity index (χ1) is 14.9. The summed E-state index contributed by atoms with van der Waals surface area (Å²) < 4.78 is 9.02. The van der Waals surface area contributed by atoms with Crippen LogP contribution in [0.15, 0.2) is 59.2 Å². The van der Waals surface area contributed by atoms with Crippen molar-refractivity contribution in [2.45, 2.75) is 13.8 Å². The second-order valence-corrected chi connectivity index (χ2v) is 7.93. The zero-order valence-corrected chi connectivity index (χ0v) is 19.0. The minimum absolute atomic E-state index is 0.230. The number of hydrogen-bond donors (Lipinski definition) is 2. The van der Waals surface area contributed by atoms with E-state index in [4.69, 9.17) is 9.72 Å². The molecule has 2 aromatic carbocycles. The molecule has 2 heterocycles. The molecule has 0 spiro atoms. The predicted molar refractivity (Wildman–Crippen MR) is 125 cm³/mol. The van der Waals surface area contributed by atoms with E-state index < -0.39 is 0 Å². The van der Waals surface area contributed by atoms with Gasteiger partial charge in [-0.1, -0.05) is 15.9 Å². The smallest absolute Gasteiger partial charge is 0.270 e. The minimum Gasteiger partial charge on any atom is -0.457 e. The van der Waals surface area contributed by atoms with Gasteiger partial charge in [0.15, 0.2) is 0 Å². The molecule has 0 aliphatic heterocycles. The molecule has 0 saturated carbocycles. The Morgan fingerprint density at radius 1 is 1.13 bits per heavy atom. The summed E-state index contributed by atoms with van der Waals surface area (Å²) in [5.74, 6) is 1.67. The molecule has 4 rings (SSSR count). The van der Waals surface area contributed by atoms with Crippen molar-refractivity contribution >= 4 is 44.5 Å². The van der Waals surface area contributed by atoms with Gasteiger partial charge in [-0.25, -0.2) is 4.98 Å². The van der Waals surface area contributed by atoms with Crippen molar-refractivity contribution in [3.05, 3.63) is 70.5 Å². The van der Waals surface area contributed by atoms with E-state index in [0.717, 1.165) is 32.7 Å². The van der Waals surface area contributed by atoms with Gasteiger partial charge in [0.1, 0.15) is 17.2 Å². The van der Waals surface area contributed by atoms with Crippen LogP contribution in [-0.2, 0) is 7.05 Å². The van der Waals surface area contributed by atoms with Crippen molar-refractivity contribution < 1.29 is 9.53 Å². The van der Waals surface area contributed by atoms with E-state index in [0.29, 0.717) is 23.7 Å². The van der Waals surface area contributed by atoms with Crippen molar-refractivity contribution in [3.63, 3.8) is 0 Å². The molecule has 158 valence electrons. The maximum Gasteiger partial charge on any atom is 0.270 e. The number of carbonyl (C=O) groups excluding carboxylic acids is 1. The van der Waals surface area contributed by atoms with Crippen molar-refractivity contribution in [2.24, 2.45) is 7.05 Å². The van der Waals surface area contributed by atoms with Gasteiger partial charge in [0.05, 0.1) is 11.0 Å². The first-order valence-corrected chi connectivity index (χ1v) is 10.7. The maximum atomic E-state index is 12.0. The van der Waals surface area contributed by atoms with Gasteiger partial charge in [0, 0.05) is 42.1 Å². The van der Waals surface area contributed by atoms with Gasteiger partial charge in [0.25, 0.3) is 5.91 Å². The van der Waals surface area contributed by atoms with Crippen LogP contribution in [0.1, 0.15) is 23.0 Å². The number of pyridine rings is 1. The second-order valence-electron chi connectivity index (χ2n) is 7.07. The van der Waals surface area contributed by atoms with Gasteiger partial charge in [0.2, 0.25) is 5.95 Å². The van der Waals surface area contributed by atoms with Gasteiger partial charge < -0.3 is 19.9 Å². The number of ether oxygens (including phenoxy) is 1. The third kappa shape index (κ3) is 4.54. The lowest BCUT2D eigenvalue weighted by Crippen LogP contribution is -2.23. The standard InChI is InChI=1S/C23H22BrN5O2/c1-4-25-22(30)20-13-17(9-10-26-20)31-16-6-8-21-19(12-16)28-23(29(21)3)27-15-5-7-18(24)14(2)11-15/h5-13H,4H2,1-3H3,(H,25,30)(H,27,28). The number of amides is 1. The number of nitrogens with one attached hydrogen (secondary N) is 2. The number of hydrogen-bond acceptors (Lipinski definition) is 5. The Hall–Kier alpha value is -3.39. The minimum atomic E-state index is -0.230. The van der Waals surface area contributed by atoms with E-state index in [1.165, 1.54) is 0 Å². The molecule has 0 saturated heterocycles. The Kier molecular flexibility index (Phi) is 5.90. The summed E-state index contributed by atoms with van der Waals surface area (Å²) in [6.07, 6.45) is 1.56. The molecule has 0 unspecified atom stereocenters. The number of aromatic nitrogens is 3. The van der Waals surface area contributed by atoms with E-state index in [-0.39, 0.29) is 5.91 Å². The van der Waals surface area contributed by atoms with Crippen molar-refractivity contribution in [1.29, 1.82) is 0 Å². The molecule has 31 heavy (non-hydrogen) atoms. The SMILES string of the molecule is CCNC(=O)c1cc(Oc2ccc3c(c2)nc(Nc2ccc(Br)c(C)c2)n3C)ccn1. The van der Waals surface area contributed by atoms with Gasteiger partial charge in [-0.3, -0.25) is 9.78 Å². The number of halogens is 1. The largest absolute Gasteiger partial charge is 0.457 e. The summed E-state index contributed by atoms with van der Waals surface area (Å²) in [5.41, 5.74) is 4.19. The van der Waals surface area contributed by atoms with E-state index in [1.807, 2.05) is 55.8 Å². The molecule has 2 N–H and O–H groups in total. The van der Waals surface area contributed by atoms with Crippen molar-refractivity contribution in [2.75, 3.05) is 11.9 Å². The molecule has 4 aromatic rings. The summed E-state index contributed by atoms with van der Waals surface area (Å²) >= 11 is 3.52. The topological polar surface area (TPSA) is 81.1 Å². The number of benzene rings is 2. The zero-order chi connectivity index (χ0) is 22.0. The molecule has 2 aromatic heterocycles. The highest BCUT2D eigenvalue weighted by molar-refractivity contribution is 9.10. The fraction of sp³-hybridized carbons (Fsp3) is 0.174. The summed E-state index contributed by atoms with van der Waals surface area (Å²) in [4.78, 5) is 20.8.